The molecule has 1 aromatic rings. The molecular formula is C15H24ClN3O3S. The fourth-order valence-corrected chi connectivity index (χ4v) is 3.71. The summed E-state index contributed by atoms with van der Waals surface area (Å²) in [6.45, 7) is 7.74. The van der Waals surface area contributed by atoms with Crippen LogP contribution < -0.4 is 10.0 Å². The van der Waals surface area contributed by atoms with E-state index in [1.807, 2.05) is 11.8 Å². The predicted molar refractivity (Wildman–Crippen MR) is 92.5 cm³/mol. The topological polar surface area (TPSA) is 78.5 Å². The van der Waals surface area contributed by atoms with Gasteiger partial charge in [0.1, 0.15) is 0 Å². The van der Waals surface area contributed by atoms with E-state index in [0.717, 1.165) is 13.1 Å². The Bertz CT molecular complexity index is 632. The van der Waals surface area contributed by atoms with E-state index < -0.39 is 10.0 Å². The van der Waals surface area contributed by atoms with Gasteiger partial charge in [-0.2, -0.15) is 0 Å². The van der Waals surface area contributed by atoms with Crippen molar-refractivity contribution < 1.29 is 13.2 Å². The number of hydrogen-bond acceptors (Lipinski definition) is 4. The lowest BCUT2D eigenvalue weighted by Gasteiger charge is -2.34. The molecule has 8 heteroatoms. The van der Waals surface area contributed by atoms with Crippen molar-refractivity contribution in [1.82, 2.24) is 14.9 Å². The molecule has 1 aromatic carbocycles. The van der Waals surface area contributed by atoms with Crippen molar-refractivity contribution >= 4 is 28.3 Å². The minimum atomic E-state index is -3.52. The standard InChI is InChI=1S/C15H23N3O3S.ClH/c1-11(2)17-22(20,21)14-6-4-13(5-7-14)15(19)18-9-8-16-10-12(18)3;/h4-7,11-12,16-17H,8-10H2,1-3H3;1H/t12-;/m1./s1. The Morgan fingerprint density at radius 3 is 2.43 bits per heavy atom. The zero-order chi connectivity index (χ0) is 16.3. The highest BCUT2D eigenvalue weighted by molar-refractivity contribution is 7.89. The number of benzene rings is 1. The Kier molecular flexibility index (Phi) is 7.01. The van der Waals surface area contributed by atoms with Gasteiger partial charge in [0.25, 0.3) is 5.91 Å². The second kappa shape index (κ2) is 8.10. The van der Waals surface area contributed by atoms with E-state index >= 15 is 0 Å². The molecule has 0 saturated carbocycles. The molecule has 1 heterocycles. The Labute approximate surface area is 144 Å². The first-order valence-corrected chi connectivity index (χ1v) is 8.93. The third-order valence-electron chi connectivity index (χ3n) is 3.56. The van der Waals surface area contributed by atoms with Crippen molar-refractivity contribution in [3.63, 3.8) is 0 Å². The van der Waals surface area contributed by atoms with E-state index in [-0.39, 0.29) is 35.3 Å². The number of rotatable bonds is 4. The van der Waals surface area contributed by atoms with Gasteiger partial charge in [-0.1, -0.05) is 0 Å². The average Bonchev–Trinajstić information content (AvgIpc) is 2.46. The van der Waals surface area contributed by atoms with E-state index in [0.29, 0.717) is 12.1 Å². The summed E-state index contributed by atoms with van der Waals surface area (Å²) < 4.78 is 26.6. The van der Waals surface area contributed by atoms with Gasteiger partial charge in [-0.05, 0) is 45.0 Å². The number of piperazine rings is 1. The van der Waals surface area contributed by atoms with Crippen molar-refractivity contribution in [3.05, 3.63) is 29.8 Å². The molecule has 1 saturated heterocycles. The minimum absolute atomic E-state index is 0. The molecular weight excluding hydrogens is 338 g/mol. The van der Waals surface area contributed by atoms with Crippen molar-refractivity contribution in [1.29, 1.82) is 0 Å². The van der Waals surface area contributed by atoms with E-state index in [4.69, 9.17) is 0 Å². The highest BCUT2D eigenvalue weighted by Gasteiger charge is 2.24. The lowest BCUT2D eigenvalue weighted by atomic mass is 10.1. The molecule has 0 spiro atoms. The Balaban J connectivity index is 0.00000264. The Morgan fingerprint density at radius 2 is 1.91 bits per heavy atom. The number of amides is 1. The van der Waals surface area contributed by atoms with Gasteiger partial charge in [0, 0.05) is 37.3 Å². The molecule has 1 atom stereocenters. The molecule has 0 aliphatic carbocycles. The Hall–Kier alpha value is -1.15. The summed E-state index contributed by atoms with van der Waals surface area (Å²) >= 11 is 0. The lowest BCUT2D eigenvalue weighted by molar-refractivity contribution is 0.0655. The monoisotopic (exact) mass is 361 g/mol. The van der Waals surface area contributed by atoms with Gasteiger partial charge in [0.15, 0.2) is 0 Å². The van der Waals surface area contributed by atoms with Crippen LogP contribution >= 0.6 is 12.4 Å². The fraction of sp³-hybridized carbons (Fsp3) is 0.533. The first kappa shape index (κ1) is 19.9. The molecule has 1 aliphatic rings. The van der Waals surface area contributed by atoms with Crippen LogP contribution in [0.5, 0.6) is 0 Å². The maximum Gasteiger partial charge on any atom is 0.254 e. The largest absolute Gasteiger partial charge is 0.333 e. The number of carbonyl (C=O) groups excluding carboxylic acids is 1. The van der Waals surface area contributed by atoms with Crippen LogP contribution in [0.15, 0.2) is 29.2 Å². The third-order valence-corrected chi connectivity index (χ3v) is 5.24. The minimum Gasteiger partial charge on any atom is -0.333 e. The molecule has 6 nitrogen and oxygen atoms in total. The zero-order valence-corrected chi connectivity index (χ0v) is 15.2. The number of nitrogens with one attached hydrogen (secondary N) is 2. The highest BCUT2D eigenvalue weighted by atomic mass is 35.5. The van der Waals surface area contributed by atoms with Crippen molar-refractivity contribution in [3.8, 4) is 0 Å². The van der Waals surface area contributed by atoms with Crippen LogP contribution in [0.4, 0.5) is 0 Å². The molecule has 0 unspecified atom stereocenters. The number of carbonyl (C=O) groups is 1. The van der Waals surface area contributed by atoms with Crippen molar-refractivity contribution in [2.75, 3.05) is 19.6 Å². The average molecular weight is 362 g/mol. The van der Waals surface area contributed by atoms with Gasteiger partial charge in [-0.25, -0.2) is 13.1 Å². The molecule has 1 amide bonds. The van der Waals surface area contributed by atoms with Gasteiger partial charge in [0.05, 0.1) is 4.90 Å². The molecule has 0 aromatic heterocycles. The molecule has 23 heavy (non-hydrogen) atoms. The van der Waals surface area contributed by atoms with Crippen LogP contribution in [0, 0.1) is 0 Å². The van der Waals surface area contributed by atoms with Gasteiger partial charge in [-0.3, -0.25) is 4.79 Å². The summed E-state index contributed by atoms with van der Waals surface area (Å²) in [5, 5.41) is 3.24. The summed E-state index contributed by atoms with van der Waals surface area (Å²) in [7, 11) is -3.52. The predicted octanol–water partition coefficient (Wildman–Crippen LogP) is 1.23. The van der Waals surface area contributed by atoms with Crippen molar-refractivity contribution in [2.24, 2.45) is 0 Å². The summed E-state index contributed by atoms with van der Waals surface area (Å²) in [4.78, 5) is 14.5. The van der Waals surface area contributed by atoms with Crippen LogP contribution in [0.1, 0.15) is 31.1 Å². The molecule has 2 rings (SSSR count). The first-order chi connectivity index (χ1) is 10.3. The van der Waals surface area contributed by atoms with E-state index in [9.17, 15) is 13.2 Å². The summed E-state index contributed by atoms with van der Waals surface area (Å²) in [6.07, 6.45) is 0. The van der Waals surface area contributed by atoms with E-state index in [1.54, 1.807) is 26.0 Å². The maximum atomic E-state index is 12.5. The summed E-state index contributed by atoms with van der Waals surface area (Å²) in [5.74, 6) is -0.0604. The normalized spacial score (nSPS) is 18.6. The smallest absolute Gasteiger partial charge is 0.254 e. The van der Waals surface area contributed by atoms with Crippen LogP contribution in [-0.4, -0.2) is 50.9 Å². The SMILES string of the molecule is CC(C)NS(=O)(=O)c1ccc(C(=O)N2CCNC[C@H]2C)cc1.Cl. The molecule has 1 fully saturated rings. The second-order valence-corrected chi connectivity index (χ2v) is 7.57. The molecule has 0 bridgehead atoms. The molecule has 0 radical (unpaired) electrons. The summed E-state index contributed by atoms with van der Waals surface area (Å²) in [5.41, 5.74) is 0.511. The third kappa shape index (κ3) is 4.91. The second-order valence-electron chi connectivity index (χ2n) is 5.85. The van der Waals surface area contributed by atoms with E-state index in [2.05, 4.69) is 10.0 Å². The van der Waals surface area contributed by atoms with Gasteiger partial charge >= 0.3 is 0 Å². The highest BCUT2D eigenvalue weighted by Crippen LogP contribution is 2.14. The van der Waals surface area contributed by atoms with Crippen LogP contribution in [0.2, 0.25) is 0 Å². The maximum absolute atomic E-state index is 12.5. The van der Waals surface area contributed by atoms with Gasteiger partial charge in [0.2, 0.25) is 10.0 Å². The number of hydrogen-bond donors (Lipinski definition) is 2. The van der Waals surface area contributed by atoms with Crippen molar-refractivity contribution in [2.45, 2.75) is 37.8 Å². The fourth-order valence-electron chi connectivity index (χ4n) is 2.46. The Morgan fingerprint density at radius 1 is 1.30 bits per heavy atom. The quantitative estimate of drug-likeness (QED) is 0.845. The number of sulfonamides is 1. The number of nitrogens with zero attached hydrogens (tertiary/aromatic N) is 1. The molecule has 130 valence electrons. The van der Waals surface area contributed by atoms with Crippen LogP contribution in [0.25, 0.3) is 0 Å². The molecule has 2 N–H and O–H groups in total. The first-order valence-electron chi connectivity index (χ1n) is 7.45. The van der Waals surface area contributed by atoms with Crippen LogP contribution in [-0.2, 0) is 10.0 Å². The summed E-state index contributed by atoms with van der Waals surface area (Å²) in [6, 6.07) is 6.06. The van der Waals surface area contributed by atoms with Crippen LogP contribution in [0.3, 0.4) is 0 Å². The number of halogens is 1. The van der Waals surface area contributed by atoms with Gasteiger partial charge < -0.3 is 10.2 Å². The van der Waals surface area contributed by atoms with E-state index in [1.165, 1.54) is 12.1 Å². The lowest BCUT2D eigenvalue weighted by Crippen LogP contribution is -2.52. The molecule has 1 aliphatic heterocycles. The van der Waals surface area contributed by atoms with Gasteiger partial charge in [-0.15, -0.1) is 12.4 Å². The zero-order valence-electron chi connectivity index (χ0n) is 13.6.